The first kappa shape index (κ1) is 18.9. The number of aromatic carboxylic acids is 1. The van der Waals surface area contributed by atoms with E-state index < -0.39 is 23.4 Å². The third kappa shape index (κ3) is 3.50. The number of pyridine rings is 2. The van der Waals surface area contributed by atoms with Gasteiger partial charge < -0.3 is 10.8 Å². The molecule has 0 aromatic carbocycles. The van der Waals surface area contributed by atoms with Crippen LogP contribution in [-0.4, -0.2) is 85.0 Å². The number of hydrogen-bond acceptors (Lipinski definition) is 4. The third-order valence-electron chi connectivity index (χ3n) is 3.72. The predicted octanol–water partition coefficient (Wildman–Crippen LogP) is 1.43. The zero-order valence-electron chi connectivity index (χ0n) is 13.0. The predicted molar refractivity (Wildman–Crippen MR) is 85.4 cm³/mol. The molecule has 24 heavy (non-hydrogen) atoms. The molecular weight excluding hydrogens is 342 g/mol. The van der Waals surface area contributed by atoms with Crippen LogP contribution in [0.25, 0.3) is 11.1 Å². The van der Waals surface area contributed by atoms with Crippen LogP contribution in [0.3, 0.4) is 0 Å². The van der Waals surface area contributed by atoms with Gasteiger partial charge in [-0.15, -0.1) is 0 Å². The van der Waals surface area contributed by atoms with E-state index in [1.54, 1.807) is 6.07 Å². The smallest absolute Gasteiger partial charge is 0.339 e. The van der Waals surface area contributed by atoms with E-state index in [2.05, 4.69) is 9.97 Å². The van der Waals surface area contributed by atoms with Crippen LogP contribution in [0.4, 0.5) is 15.0 Å². The fourth-order valence-corrected chi connectivity index (χ4v) is 2.70. The maximum Gasteiger partial charge on any atom is 0.339 e. The molecule has 119 valence electrons. The van der Waals surface area contributed by atoms with Crippen molar-refractivity contribution in [1.29, 1.82) is 0 Å². The van der Waals surface area contributed by atoms with Crippen LogP contribution in [-0.2, 0) is 6.42 Å². The first-order valence-corrected chi connectivity index (χ1v) is 6.92. The van der Waals surface area contributed by atoms with Gasteiger partial charge in [-0.3, -0.25) is 9.88 Å². The van der Waals surface area contributed by atoms with E-state index in [4.69, 9.17) is 5.73 Å². The van der Waals surface area contributed by atoms with Gasteiger partial charge in [0, 0.05) is 81.4 Å². The van der Waals surface area contributed by atoms with E-state index in [9.17, 15) is 19.1 Å². The number of urea groups is 1. The van der Waals surface area contributed by atoms with Crippen LogP contribution in [0.2, 0.25) is 0 Å². The first-order valence-electron chi connectivity index (χ1n) is 6.92. The number of hydrogen-bond donors (Lipinski definition) is 2. The van der Waals surface area contributed by atoms with Crippen LogP contribution in [0.15, 0.2) is 24.7 Å². The number of anilines is 1. The summed E-state index contributed by atoms with van der Waals surface area (Å²) >= 11 is 0. The summed E-state index contributed by atoms with van der Waals surface area (Å²) in [5, 5.41) is 9.20. The largest absolute Gasteiger partial charge is 0.478 e. The number of carbonyl (C=O) groups excluding carboxylic acids is 1. The van der Waals surface area contributed by atoms with Crippen LogP contribution >= 0.6 is 0 Å². The Hall–Kier alpha value is -1.39. The summed E-state index contributed by atoms with van der Waals surface area (Å²) in [5.41, 5.74) is 6.20. The van der Waals surface area contributed by atoms with Crippen LogP contribution in [0.1, 0.15) is 22.3 Å². The molecule has 0 fully saturated rings. The van der Waals surface area contributed by atoms with Gasteiger partial charge in [-0.2, -0.15) is 0 Å². The van der Waals surface area contributed by atoms with Crippen molar-refractivity contribution in [2.75, 3.05) is 11.4 Å². The fraction of sp³-hybridized carbons (Fsp3) is 0.200. The SMILES string of the molecule is NC(=O)N1CCCc2cc(-c3cncc(F)c3C(=O)O)cnc21.[K]. The molecule has 2 aromatic heterocycles. The molecule has 0 saturated heterocycles. The van der Waals surface area contributed by atoms with Gasteiger partial charge in [0.15, 0.2) is 5.82 Å². The summed E-state index contributed by atoms with van der Waals surface area (Å²) in [4.78, 5) is 32.0. The Labute approximate surface area is 179 Å². The Morgan fingerprint density at radius 1 is 1.29 bits per heavy atom. The molecule has 0 spiro atoms. The zero-order valence-corrected chi connectivity index (χ0v) is 16.1. The molecule has 1 aliphatic heterocycles. The third-order valence-corrected chi connectivity index (χ3v) is 3.72. The molecule has 2 aromatic rings. The van der Waals surface area contributed by atoms with Crippen molar-refractivity contribution in [2.24, 2.45) is 5.73 Å². The summed E-state index contributed by atoms with van der Waals surface area (Å²) in [7, 11) is 0. The number of carboxylic acids is 1. The van der Waals surface area contributed by atoms with Crippen molar-refractivity contribution in [3.63, 3.8) is 0 Å². The fourth-order valence-electron chi connectivity index (χ4n) is 2.70. The van der Waals surface area contributed by atoms with E-state index >= 15 is 0 Å². The standard InChI is InChI=1S/C15H13FN4O3.K/c16-11-7-18-6-10(12(11)14(21)22)9-4-8-2-1-3-20(15(17)23)13(8)19-5-9;/h4-7H,1-3H2,(H2,17,23)(H,21,22);. The number of nitrogens with zero attached hydrogens (tertiary/aromatic N) is 3. The molecular formula is C15H13FKN4O3. The number of amides is 2. The summed E-state index contributed by atoms with van der Waals surface area (Å²) < 4.78 is 13.8. The van der Waals surface area contributed by atoms with Crippen LogP contribution in [0, 0.1) is 5.82 Å². The van der Waals surface area contributed by atoms with Gasteiger partial charge in [-0.25, -0.2) is 19.0 Å². The van der Waals surface area contributed by atoms with Crippen molar-refractivity contribution in [1.82, 2.24) is 9.97 Å². The molecule has 3 N–H and O–H groups in total. The van der Waals surface area contributed by atoms with Crippen molar-refractivity contribution in [3.05, 3.63) is 41.6 Å². The van der Waals surface area contributed by atoms with Crippen molar-refractivity contribution in [3.8, 4) is 11.1 Å². The number of nitrogens with two attached hydrogens (primary N) is 1. The van der Waals surface area contributed by atoms with Gasteiger partial charge in [0.1, 0.15) is 11.4 Å². The monoisotopic (exact) mass is 355 g/mol. The second kappa shape index (κ2) is 7.66. The maximum absolute atomic E-state index is 13.8. The molecule has 0 aliphatic carbocycles. The van der Waals surface area contributed by atoms with Gasteiger partial charge >= 0.3 is 12.0 Å². The molecule has 3 rings (SSSR count). The molecule has 2 amide bonds. The minimum atomic E-state index is -1.38. The number of fused-ring (bicyclic) bond motifs is 1. The number of carbonyl (C=O) groups is 2. The second-order valence-corrected chi connectivity index (χ2v) is 5.15. The van der Waals surface area contributed by atoms with Gasteiger partial charge in [-0.1, -0.05) is 0 Å². The first-order chi connectivity index (χ1) is 11.0. The number of aryl methyl sites for hydroxylation is 1. The summed E-state index contributed by atoms with van der Waals surface area (Å²) in [6, 6.07) is 1.10. The molecule has 9 heteroatoms. The number of rotatable bonds is 2. The number of aromatic nitrogens is 2. The average Bonchev–Trinajstić information content (AvgIpc) is 2.53. The quantitative estimate of drug-likeness (QED) is 0.792. The molecule has 0 atom stereocenters. The Bertz CT molecular complexity index is 815. The van der Waals surface area contributed by atoms with E-state index in [1.807, 2.05) is 0 Å². The van der Waals surface area contributed by atoms with Gasteiger partial charge in [0.2, 0.25) is 0 Å². The summed E-state index contributed by atoms with van der Waals surface area (Å²) in [6.07, 6.45) is 4.92. The topological polar surface area (TPSA) is 109 Å². The van der Waals surface area contributed by atoms with Gasteiger partial charge in [-0.05, 0) is 24.5 Å². The summed E-state index contributed by atoms with van der Waals surface area (Å²) in [5.74, 6) is -1.84. The maximum atomic E-state index is 13.8. The molecule has 3 heterocycles. The Kier molecular flexibility index (Phi) is 6.05. The number of carboxylic acid groups (broad SMARTS) is 1. The molecule has 1 radical (unpaired) electrons. The van der Waals surface area contributed by atoms with E-state index in [-0.39, 0.29) is 56.9 Å². The van der Waals surface area contributed by atoms with Gasteiger partial charge in [0.25, 0.3) is 0 Å². The second-order valence-electron chi connectivity index (χ2n) is 5.15. The van der Waals surface area contributed by atoms with E-state index in [0.29, 0.717) is 30.8 Å². The summed E-state index contributed by atoms with van der Waals surface area (Å²) in [6.45, 7) is 0.483. The Morgan fingerprint density at radius 2 is 2.04 bits per heavy atom. The number of primary amides is 1. The van der Waals surface area contributed by atoms with E-state index in [0.717, 1.165) is 11.8 Å². The number of halogens is 1. The minimum absolute atomic E-state index is 0. The normalized spacial score (nSPS) is 13.0. The van der Waals surface area contributed by atoms with Crippen molar-refractivity contribution < 1.29 is 19.1 Å². The molecule has 0 unspecified atom stereocenters. The zero-order chi connectivity index (χ0) is 16.6. The van der Waals surface area contributed by atoms with Crippen molar-refractivity contribution >= 4 is 69.2 Å². The van der Waals surface area contributed by atoms with Gasteiger partial charge in [0.05, 0.1) is 6.20 Å². The molecule has 0 saturated carbocycles. The average molecular weight is 355 g/mol. The molecule has 1 aliphatic rings. The van der Waals surface area contributed by atoms with Crippen LogP contribution in [0.5, 0.6) is 0 Å². The Morgan fingerprint density at radius 3 is 2.71 bits per heavy atom. The van der Waals surface area contributed by atoms with E-state index in [1.165, 1.54) is 17.3 Å². The molecule has 0 bridgehead atoms. The Balaban J connectivity index is 0.00000208. The van der Waals surface area contributed by atoms with Crippen LogP contribution < -0.4 is 10.6 Å². The minimum Gasteiger partial charge on any atom is -0.478 e. The molecule has 7 nitrogen and oxygen atoms in total. The van der Waals surface area contributed by atoms with Crippen molar-refractivity contribution in [2.45, 2.75) is 12.8 Å².